The predicted molar refractivity (Wildman–Crippen MR) is 220 cm³/mol. The van der Waals surface area contributed by atoms with Crippen LogP contribution in [0, 0.1) is 0 Å². The van der Waals surface area contributed by atoms with Gasteiger partial charge in [0.25, 0.3) is 5.91 Å². The van der Waals surface area contributed by atoms with Crippen molar-refractivity contribution in [1.29, 1.82) is 0 Å². The van der Waals surface area contributed by atoms with E-state index in [1.54, 1.807) is 76.2 Å². The lowest BCUT2D eigenvalue weighted by molar-refractivity contribution is -0.155. The Labute approximate surface area is 355 Å². The normalized spacial score (nSPS) is 18.1. The molecule has 2 saturated heterocycles. The van der Waals surface area contributed by atoms with Crippen LogP contribution in [0.2, 0.25) is 0 Å². The second-order valence-electron chi connectivity index (χ2n) is 15.0. The van der Waals surface area contributed by atoms with Crippen molar-refractivity contribution in [3.8, 4) is 0 Å². The van der Waals surface area contributed by atoms with Crippen LogP contribution < -0.4 is 21.7 Å². The van der Waals surface area contributed by atoms with Crippen LogP contribution in [0.3, 0.4) is 0 Å². The van der Waals surface area contributed by atoms with E-state index in [0.29, 0.717) is 21.7 Å². The van der Waals surface area contributed by atoms with Crippen LogP contribution in [-0.4, -0.2) is 112 Å². The number of urea groups is 1. The molecule has 0 spiro atoms. The van der Waals surface area contributed by atoms with Crippen LogP contribution in [0.25, 0.3) is 0 Å². The van der Waals surface area contributed by atoms with Gasteiger partial charge in [0.05, 0.1) is 0 Å². The van der Waals surface area contributed by atoms with Gasteiger partial charge in [-0.1, -0.05) is 72.8 Å². The molecular formula is C42H45N7O11S. The van der Waals surface area contributed by atoms with Gasteiger partial charge >= 0.3 is 36.0 Å². The van der Waals surface area contributed by atoms with Crippen molar-refractivity contribution in [3.05, 3.63) is 113 Å². The van der Waals surface area contributed by atoms with Crippen molar-refractivity contribution in [3.63, 3.8) is 0 Å². The minimum absolute atomic E-state index is 0.0754. The fourth-order valence-corrected chi connectivity index (χ4v) is 8.10. The molecule has 0 radical (unpaired) electrons. The number of ether oxygens (including phenoxy) is 3. The number of primary amides is 1. The molecule has 0 aliphatic carbocycles. The maximum Gasteiger partial charge on any atom is 0.412 e. The second kappa shape index (κ2) is 18.6. The first-order chi connectivity index (χ1) is 29.1. The van der Waals surface area contributed by atoms with E-state index >= 15 is 0 Å². The topological polar surface area (TPSA) is 236 Å². The summed E-state index contributed by atoms with van der Waals surface area (Å²) in [5.41, 5.74) is 6.34. The van der Waals surface area contributed by atoms with E-state index in [9.17, 15) is 38.4 Å². The van der Waals surface area contributed by atoms with Crippen LogP contribution in [0.1, 0.15) is 56.5 Å². The number of piperazine rings is 1. The van der Waals surface area contributed by atoms with Gasteiger partial charge in [0.1, 0.15) is 35.4 Å². The van der Waals surface area contributed by atoms with E-state index in [1.165, 1.54) is 40.9 Å². The molecule has 0 aromatic heterocycles. The van der Waals surface area contributed by atoms with Gasteiger partial charge in [-0.15, -0.1) is 11.8 Å². The molecule has 19 heteroatoms. The molecule has 2 fully saturated rings. The van der Waals surface area contributed by atoms with Gasteiger partial charge in [-0.2, -0.15) is 0 Å². The van der Waals surface area contributed by atoms with Gasteiger partial charge in [-0.25, -0.2) is 19.2 Å². The highest BCUT2D eigenvalue weighted by molar-refractivity contribution is 8.00. The van der Waals surface area contributed by atoms with Crippen LogP contribution in [0.15, 0.2) is 96.2 Å². The lowest BCUT2D eigenvalue weighted by Gasteiger charge is -2.50. The highest BCUT2D eigenvalue weighted by Crippen LogP contribution is 2.42. The number of anilines is 1. The summed E-state index contributed by atoms with van der Waals surface area (Å²) < 4.78 is 16.4. The first-order valence-electron chi connectivity index (χ1n) is 19.3. The Morgan fingerprint density at radius 2 is 1.48 bits per heavy atom. The van der Waals surface area contributed by atoms with E-state index in [0.717, 1.165) is 4.90 Å². The third-order valence-corrected chi connectivity index (χ3v) is 11.1. The standard InChI is InChI=1S/C42H45N7O11S/c1-5-47-20-21-48(36(53)35(47)52)40(56)46-29(24-16-18-28(19-17-24)44-41(57)60-42(2,3)4)33(50)45-30-34(51)49-31(27(22-58-39(43)55)23-61-37(30)49)38(54)59-32(25-12-8-6-9-13-25)26-14-10-7-11-15-26/h6-19,29-30,32,37H,5,20-23H2,1-4H3,(H2,43,55)(H,44,57)(H,45,50)(H,46,56)/t29-,30+,37+/m0/s1. The first-order valence-corrected chi connectivity index (χ1v) is 20.3. The van der Waals surface area contributed by atoms with E-state index in [-0.39, 0.29) is 42.2 Å². The fourth-order valence-electron chi connectivity index (χ4n) is 6.78. The summed E-state index contributed by atoms with van der Waals surface area (Å²) in [5.74, 6) is -4.34. The molecule has 6 rings (SSSR count). The number of thioether (sulfide) groups is 1. The monoisotopic (exact) mass is 855 g/mol. The van der Waals surface area contributed by atoms with Crippen LogP contribution in [-0.2, 0) is 38.2 Å². The van der Waals surface area contributed by atoms with Crippen molar-refractivity contribution >= 4 is 65.3 Å². The number of nitrogens with two attached hydrogens (primary N) is 1. The summed E-state index contributed by atoms with van der Waals surface area (Å²) in [6.07, 6.45) is -2.71. The zero-order valence-electron chi connectivity index (χ0n) is 33.7. The molecule has 61 heavy (non-hydrogen) atoms. The maximum atomic E-state index is 14.2. The zero-order chi connectivity index (χ0) is 44.0. The molecule has 5 N–H and O–H groups in total. The molecule has 8 amide bonds. The minimum Gasteiger partial charge on any atom is -0.448 e. The van der Waals surface area contributed by atoms with Gasteiger partial charge in [-0.05, 0) is 56.5 Å². The third-order valence-electron chi connectivity index (χ3n) is 9.71. The van der Waals surface area contributed by atoms with Crippen molar-refractivity contribution in [1.82, 2.24) is 25.3 Å². The molecule has 3 aromatic carbocycles. The number of β-lactam (4-membered cyclic amide) rings is 1. The Bertz CT molecular complexity index is 2190. The van der Waals surface area contributed by atoms with Crippen molar-refractivity contribution in [2.75, 3.05) is 37.3 Å². The first kappa shape index (κ1) is 43.7. The summed E-state index contributed by atoms with van der Waals surface area (Å²) in [6.45, 7) is 6.60. The highest BCUT2D eigenvalue weighted by Gasteiger charge is 2.55. The largest absolute Gasteiger partial charge is 0.448 e. The van der Waals surface area contributed by atoms with Gasteiger partial charge < -0.3 is 35.5 Å². The molecule has 3 heterocycles. The summed E-state index contributed by atoms with van der Waals surface area (Å²) in [6, 6.07) is 20.0. The highest BCUT2D eigenvalue weighted by atomic mass is 32.2. The number of fused-ring (bicyclic) bond motifs is 1. The number of esters is 1. The Morgan fingerprint density at radius 1 is 0.852 bits per heavy atom. The summed E-state index contributed by atoms with van der Waals surface area (Å²) in [4.78, 5) is 109. The summed E-state index contributed by atoms with van der Waals surface area (Å²) >= 11 is 1.18. The van der Waals surface area contributed by atoms with Gasteiger partial charge in [0.2, 0.25) is 5.91 Å². The van der Waals surface area contributed by atoms with E-state index in [2.05, 4.69) is 16.0 Å². The molecule has 0 saturated carbocycles. The smallest absolute Gasteiger partial charge is 0.412 e. The van der Waals surface area contributed by atoms with Crippen molar-refractivity contribution in [2.24, 2.45) is 5.73 Å². The summed E-state index contributed by atoms with van der Waals surface area (Å²) in [7, 11) is 0. The number of hydrogen-bond donors (Lipinski definition) is 4. The number of carbonyl (C=O) groups is 8. The number of hydrogen-bond acceptors (Lipinski definition) is 12. The number of likely N-dealkylation sites (N-methyl/N-ethyl adjacent to an activating group) is 1. The van der Waals surface area contributed by atoms with Gasteiger partial charge in [0, 0.05) is 36.6 Å². The molecular weight excluding hydrogens is 811 g/mol. The quantitative estimate of drug-likeness (QED) is 0.0886. The maximum absolute atomic E-state index is 14.2. The van der Waals surface area contributed by atoms with Gasteiger partial charge in [-0.3, -0.25) is 34.3 Å². The average Bonchev–Trinajstić information content (AvgIpc) is 3.23. The lowest BCUT2D eigenvalue weighted by Crippen LogP contribution is -2.71. The number of imide groups is 1. The number of benzene rings is 3. The second-order valence-corrected chi connectivity index (χ2v) is 16.1. The molecule has 320 valence electrons. The molecule has 3 aliphatic rings. The molecule has 3 atom stereocenters. The predicted octanol–water partition coefficient (Wildman–Crippen LogP) is 3.56. The van der Waals surface area contributed by atoms with Crippen molar-refractivity contribution < 1.29 is 52.6 Å². The number of nitrogens with one attached hydrogen (secondary N) is 3. The molecule has 18 nitrogen and oxygen atoms in total. The Kier molecular flexibility index (Phi) is 13.3. The molecule has 3 aromatic rings. The fraction of sp³-hybridized carbons (Fsp3) is 0.333. The Hall–Kier alpha value is -6.89. The Balaban J connectivity index is 1.25. The number of rotatable bonds is 12. The number of nitrogens with zero attached hydrogens (tertiary/aromatic N) is 3. The van der Waals surface area contributed by atoms with E-state index in [4.69, 9.17) is 19.9 Å². The van der Waals surface area contributed by atoms with Crippen molar-refractivity contribution in [2.45, 2.75) is 56.9 Å². The minimum atomic E-state index is -1.53. The lowest BCUT2D eigenvalue weighted by atomic mass is 10.00. The van der Waals surface area contributed by atoms with Crippen LogP contribution in [0.4, 0.5) is 20.1 Å². The zero-order valence-corrected chi connectivity index (χ0v) is 34.6. The molecule has 3 aliphatic heterocycles. The number of carbonyl (C=O) groups excluding carboxylic acids is 8. The molecule has 0 bridgehead atoms. The van der Waals surface area contributed by atoms with Gasteiger partial charge in [0.15, 0.2) is 6.10 Å². The summed E-state index contributed by atoms with van der Waals surface area (Å²) in [5, 5.41) is 6.95. The third kappa shape index (κ3) is 10.1. The van der Waals surface area contributed by atoms with Crippen LogP contribution >= 0.6 is 11.8 Å². The van der Waals surface area contributed by atoms with E-state index < -0.39 is 83.6 Å². The molecule has 0 unspecified atom stereocenters. The SMILES string of the molecule is CCN1CCN(C(=O)N[C@H](C(=O)N[C@@H]2C(=O)N3C(C(=O)OC(c4ccccc4)c4ccccc4)=C(COC(N)=O)CS[C@H]23)c2ccc(NC(=O)OC(C)(C)C)cc2)C(=O)C1=O. The Morgan fingerprint density at radius 3 is 2.05 bits per heavy atom. The number of amides is 8. The van der Waals surface area contributed by atoms with Crippen LogP contribution in [0.5, 0.6) is 0 Å². The van der Waals surface area contributed by atoms with E-state index in [1.807, 2.05) is 12.1 Å². The average molecular weight is 856 g/mol.